The third-order valence-electron chi connectivity index (χ3n) is 3.18. The summed E-state index contributed by atoms with van der Waals surface area (Å²) in [6.45, 7) is 8.57. The number of hydrogen-bond donors (Lipinski definition) is 1. The fourth-order valence-corrected chi connectivity index (χ4v) is 2.06. The van der Waals surface area contributed by atoms with Gasteiger partial charge in [0.25, 0.3) is 0 Å². The molecule has 1 saturated heterocycles. The Balaban J connectivity index is 2.44. The molecule has 0 aromatic carbocycles. The van der Waals surface area contributed by atoms with Crippen LogP contribution in [0.4, 0.5) is 4.79 Å². The Bertz CT molecular complexity index is 271. The minimum atomic E-state index is -0.429. The zero-order valence-electron chi connectivity index (χ0n) is 11.0. The molecule has 0 bridgehead atoms. The summed E-state index contributed by atoms with van der Waals surface area (Å²) in [5, 5.41) is 2.75. The fraction of sp³-hybridized carbons (Fsp3) is 0.833. The first-order chi connectivity index (χ1) is 8.10. The van der Waals surface area contributed by atoms with Gasteiger partial charge in [-0.1, -0.05) is 0 Å². The van der Waals surface area contributed by atoms with E-state index in [1.165, 1.54) is 0 Å². The summed E-state index contributed by atoms with van der Waals surface area (Å²) in [6, 6.07) is -0.587. The van der Waals surface area contributed by atoms with Crippen LogP contribution >= 0.6 is 0 Å². The van der Waals surface area contributed by atoms with Gasteiger partial charge in [-0.15, -0.1) is 0 Å². The first-order valence-corrected chi connectivity index (χ1v) is 6.44. The molecule has 1 fully saturated rings. The molecule has 0 saturated carbocycles. The standard InChI is InChI=1S/C12H23N3O2/c1-4-14(5-2)12(17)13-10(3)11(16)15-8-6-7-9-15/h10H,4-9H2,1-3H3,(H,13,17). The predicted octanol–water partition coefficient (Wildman–Crippen LogP) is 1.05. The van der Waals surface area contributed by atoms with E-state index in [2.05, 4.69) is 5.32 Å². The van der Waals surface area contributed by atoms with Gasteiger partial charge in [0.15, 0.2) is 0 Å². The number of likely N-dealkylation sites (tertiary alicyclic amines) is 1. The highest BCUT2D eigenvalue weighted by atomic mass is 16.2. The molecular weight excluding hydrogens is 218 g/mol. The lowest BCUT2D eigenvalue weighted by atomic mass is 10.3. The van der Waals surface area contributed by atoms with E-state index < -0.39 is 6.04 Å². The van der Waals surface area contributed by atoms with Crippen LogP contribution in [0.1, 0.15) is 33.6 Å². The van der Waals surface area contributed by atoms with Gasteiger partial charge >= 0.3 is 6.03 Å². The van der Waals surface area contributed by atoms with Gasteiger partial charge in [-0.25, -0.2) is 4.79 Å². The number of carbonyl (C=O) groups excluding carboxylic acids is 2. The Kier molecular flexibility index (Phi) is 5.25. The van der Waals surface area contributed by atoms with E-state index in [1.807, 2.05) is 18.7 Å². The summed E-state index contributed by atoms with van der Waals surface area (Å²) in [6.07, 6.45) is 2.14. The highest BCUT2D eigenvalue weighted by Crippen LogP contribution is 2.09. The molecule has 5 heteroatoms. The van der Waals surface area contributed by atoms with Crippen molar-refractivity contribution < 1.29 is 9.59 Å². The Morgan fingerprint density at radius 1 is 1.24 bits per heavy atom. The van der Waals surface area contributed by atoms with Gasteiger partial charge in [-0.2, -0.15) is 0 Å². The number of rotatable bonds is 4. The molecule has 1 aliphatic rings. The summed E-state index contributed by atoms with van der Waals surface area (Å²) >= 11 is 0. The molecular formula is C12H23N3O2. The van der Waals surface area contributed by atoms with Gasteiger partial charge in [0.2, 0.25) is 5.91 Å². The minimum absolute atomic E-state index is 0.0306. The van der Waals surface area contributed by atoms with Crippen LogP contribution in [0.2, 0.25) is 0 Å². The molecule has 17 heavy (non-hydrogen) atoms. The topological polar surface area (TPSA) is 52.7 Å². The summed E-state index contributed by atoms with van der Waals surface area (Å²) in [5.74, 6) is 0.0306. The van der Waals surface area contributed by atoms with Crippen molar-refractivity contribution in [2.24, 2.45) is 0 Å². The maximum Gasteiger partial charge on any atom is 0.318 e. The van der Waals surface area contributed by atoms with E-state index >= 15 is 0 Å². The number of amides is 3. The zero-order chi connectivity index (χ0) is 12.8. The van der Waals surface area contributed by atoms with Crippen molar-refractivity contribution in [1.82, 2.24) is 15.1 Å². The van der Waals surface area contributed by atoms with Gasteiger partial charge in [0, 0.05) is 26.2 Å². The number of nitrogens with one attached hydrogen (secondary N) is 1. The molecule has 0 spiro atoms. The average molecular weight is 241 g/mol. The van der Waals surface area contributed by atoms with Gasteiger partial charge in [-0.3, -0.25) is 4.79 Å². The molecule has 0 aromatic heterocycles. The van der Waals surface area contributed by atoms with Crippen molar-refractivity contribution in [2.45, 2.75) is 39.7 Å². The highest BCUT2D eigenvalue weighted by molar-refractivity contribution is 5.86. The first kappa shape index (κ1) is 13.8. The highest BCUT2D eigenvalue weighted by Gasteiger charge is 2.25. The normalized spacial score (nSPS) is 16.8. The van der Waals surface area contributed by atoms with Gasteiger partial charge in [0.05, 0.1) is 0 Å². The van der Waals surface area contributed by atoms with Crippen LogP contribution in [-0.4, -0.2) is 54.0 Å². The molecule has 1 rings (SSSR count). The number of carbonyl (C=O) groups is 2. The largest absolute Gasteiger partial charge is 0.341 e. The van der Waals surface area contributed by atoms with Crippen molar-refractivity contribution >= 4 is 11.9 Å². The number of urea groups is 1. The van der Waals surface area contributed by atoms with E-state index in [0.29, 0.717) is 13.1 Å². The zero-order valence-corrected chi connectivity index (χ0v) is 11.0. The molecule has 1 heterocycles. The first-order valence-electron chi connectivity index (χ1n) is 6.44. The van der Waals surface area contributed by atoms with Gasteiger partial charge in [0.1, 0.15) is 6.04 Å². The molecule has 1 unspecified atom stereocenters. The van der Waals surface area contributed by atoms with Crippen molar-refractivity contribution in [3.63, 3.8) is 0 Å². The summed E-state index contributed by atoms with van der Waals surface area (Å²) < 4.78 is 0. The Morgan fingerprint density at radius 3 is 2.24 bits per heavy atom. The molecule has 1 aliphatic heterocycles. The summed E-state index contributed by atoms with van der Waals surface area (Å²) in [7, 11) is 0. The Labute approximate surface area is 103 Å². The van der Waals surface area contributed by atoms with Crippen molar-refractivity contribution in [3.05, 3.63) is 0 Å². The third kappa shape index (κ3) is 3.61. The minimum Gasteiger partial charge on any atom is -0.341 e. The van der Waals surface area contributed by atoms with Crippen LogP contribution in [0.15, 0.2) is 0 Å². The van der Waals surface area contributed by atoms with Gasteiger partial charge in [-0.05, 0) is 33.6 Å². The Morgan fingerprint density at radius 2 is 1.76 bits per heavy atom. The van der Waals surface area contributed by atoms with Crippen molar-refractivity contribution in [3.8, 4) is 0 Å². The van der Waals surface area contributed by atoms with E-state index in [-0.39, 0.29) is 11.9 Å². The smallest absolute Gasteiger partial charge is 0.318 e. The second-order valence-corrected chi connectivity index (χ2v) is 4.38. The third-order valence-corrected chi connectivity index (χ3v) is 3.18. The molecule has 0 aromatic rings. The molecule has 3 amide bonds. The van der Waals surface area contributed by atoms with E-state index in [4.69, 9.17) is 0 Å². The van der Waals surface area contributed by atoms with Crippen LogP contribution < -0.4 is 5.32 Å². The maximum absolute atomic E-state index is 12.0. The molecule has 5 nitrogen and oxygen atoms in total. The molecule has 98 valence electrons. The van der Waals surface area contributed by atoms with E-state index in [9.17, 15) is 9.59 Å². The van der Waals surface area contributed by atoms with Crippen LogP contribution in [0, 0.1) is 0 Å². The second-order valence-electron chi connectivity index (χ2n) is 4.38. The molecule has 1 N–H and O–H groups in total. The predicted molar refractivity (Wildman–Crippen MR) is 66.7 cm³/mol. The summed E-state index contributed by atoms with van der Waals surface area (Å²) in [4.78, 5) is 27.3. The number of nitrogens with zero attached hydrogens (tertiary/aromatic N) is 2. The lowest BCUT2D eigenvalue weighted by Gasteiger charge is -2.25. The molecule has 1 atom stereocenters. The van der Waals surface area contributed by atoms with Crippen LogP contribution in [0.5, 0.6) is 0 Å². The Hall–Kier alpha value is -1.26. The van der Waals surface area contributed by atoms with E-state index in [1.54, 1.807) is 11.8 Å². The fourth-order valence-electron chi connectivity index (χ4n) is 2.06. The van der Waals surface area contributed by atoms with Crippen molar-refractivity contribution in [2.75, 3.05) is 26.2 Å². The lowest BCUT2D eigenvalue weighted by molar-refractivity contribution is -0.131. The van der Waals surface area contributed by atoms with Crippen molar-refractivity contribution in [1.29, 1.82) is 0 Å². The van der Waals surface area contributed by atoms with Crippen LogP contribution in [-0.2, 0) is 4.79 Å². The quantitative estimate of drug-likeness (QED) is 0.800. The average Bonchev–Trinajstić information content (AvgIpc) is 2.83. The lowest BCUT2D eigenvalue weighted by Crippen LogP contribution is -2.50. The van der Waals surface area contributed by atoms with Crippen LogP contribution in [0.3, 0.4) is 0 Å². The van der Waals surface area contributed by atoms with E-state index in [0.717, 1.165) is 25.9 Å². The molecule has 0 radical (unpaired) electrons. The SMILES string of the molecule is CCN(CC)C(=O)NC(C)C(=O)N1CCCC1. The van der Waals surface area contributed by atoms with Crippen LogP contribution in [0.25, 0.3) is 0 Å². The second kappa shape index (κ2) is 6.47. The maximum atomic E-state index is 12.0. The summed E-state index contributed by atoms with van der Waals surface area (Å²) in [5.41, 5.74) is 0. The monoisotopic (exact) mass is 241 g/mol. The van der Waals surface area contributed by atoms with Gasteiger partial charge < -0.3 is 15.1 Å². The molecule has 0 aliphatic carbocycles. The number of hydrogen-bond acceptors (Lipinski definition) is 2.